The number of urea groups is 2. The molecular formula is C26H28N4O3. The Morgan fingerprint density at radius 2 is 1.55 bits per heavy atom. The number of aryl methyl sites for hydroxylation is 1. The van der Waals surface area contributed by atoms with Crippen molar-refractivity contribution in [2.75, 3.05) is 5.32 Å². The van der Waals surface area contributed by atoms with Gasteiger partial charge in [0.25, 0.3) is 0 Å². The first-order valence-electron chi connectivity index (χ1n) is 11.0. The number of ether oxygens (including phenoxy) is 1. The van der Waals surface area contributed by atoms with Crippen LogP contribution in [0, 0.1) is 6.92 Å². The zero-order chi connectivity index (χ0) is 23.4. The van der Waals surface area contributed by atoms with E-state index in [2.05, 4.69) is 10.6 Å². The van der Waals surface area contributed by atoms with Gasteiger partial charge in [-0.15, -0.1) is 0 Å². The van der Waals surface area contributed by atoms with Gasteiger partial charge in [-0.2, -0.15) is 0 Å². The van der Waals surface area contributed by atoms with Gasteiger partial charge in [-0.1, -0.05) is 48.0 Å². The number of anilines is 1. The molecule has 1 saturated heterocycles. The molecule has 0 saturated carbocycles. The Labute approximate surface area is 194 Å². The van der Waals surface area contributed by atoms with Gasteiger partial charge in [-0.25, -0.2) is 14.5 Å². The van der Waals surface area contributed by atoms with E-state index in [9.17, 15) is 9.59 Å². The van der Waals surface area contributed by atoms with E-state index in [1.165, 1.54) is 4.90 Å². The number of nitrogens with zero attached hydrogens (tertiary/aromatic N) is 2. The van der Waals surface area contributed by atoms with Gasteiger partial charge in [0.15, 0.2) is 6.29 Å². The molecule has 4 amide bonds. The molecule has 0 aromatic heterocycles. The SMILES string of the molecule is Cc1ccc(CN2C(=O)N(C(C)C)C(=O)NC2Nc2ccc(Oc3ccccc3)cc2)cc1. The maximum absolute atomic E-state index is 13.2. The molecule has 0 spiro atoms. The lowest BCUT2D eigenvalue weighted by molar-refractivity contribution is 0.0975. The normalized spacial score (nSPS) is 16.1. The van der Waals surface area contributed by atoms with Crippen LogP contribution in [0.1, 0.15) is 25.0 Å². The van der Waals surface area contributed by atoms with Crippen LogP contribution in [0.4, 0.5) is 15.3 Å². The quantitative estimate of drug-likeness (QED) is 0.502. The van der Waals surface area contributed by atoms with Crippen molar-refractivity contribution in [2.24, 2.45) is 0 Å². The Morgan fingerprint density at radius 1 is 0.909 bits per heavy atom. The molecule has 2 N–H and O–H groups in total. The number of para-hydroxylation sites is 1. The molecule has 1 aliphatic heterocycles. The predicted octanol–water partition coefficient (Wildman–Crippen LogP) is 5.54. The van der Waals surface area contributed by atoms with Gasteiger partial charge in [0.1, 0.15) is 11.5 Å². The number of rotatable bonds is 7. The van der Waals surface area contributed by atoms with Crippen LogP contribution in [-0.4, -0.2) is 34.2 Å². The zero-order valence-electron chi connectivity index (χ0n) is 19.0. The van der Waals surface area contributed by atoms with Crippen molar-refractivity contribution in [3.05, 3.63) is 90.0 Å². The zero-order valence-corrected chi connectivity index (χ0v) is 19.0. The summed E-state index contributed by atoms with van der Waals surface area (Å²) in [6, 6.07) is 23.9. The number of hydrogen-bond donors (Lipinski definition) is 2. The van der Waals surface area contributed by atoms with Crippen molar-refractivity contribution in [1.82, 2.24) is 15.1 Å². The number of carbonyl (C=O) groups excluding carboxylic acids is 2. The Morgan fingerprint density at radius 3 is 2.18 bits per heavy atom. The molecule has 0 aliphatic carbocycles. The summed E-state index contributed by atoms with van der Waals surface area (Å²) < 4.78 is 5.84. The first-order chi connectivity index (χ1) is 15.9. The second kappa shape index (κ2) is 9.65. The van der Waals surface area contributed by atoms with Crippen LogP contribution in [0.15, 0.2) is 78.9 Å². The van der Waals surface area contributed by atoms with Crippen LogP contribution in [0.25, 0.3) is 0 Å². The molecule has 4 rings (SSSR count). The minimum Gasteiger partial charge on any atom is -0.457 e. The summed E-state index contributed by atoms with van der Waals surface area (Å²) >= 11 is 0. The second-order valence-corrected chi connectivity index (χ2v) is 8.30. The molecule has 1 fully saturated rings. The molecule has 0 bridgehead atoms. The maximum Gasteiger partial charge on any atom is 0.331 e. The van der Waals surface area contributed by atoms with E-state index in [0.29, 0.717) is 12.3 Å². The summed E-state index contributed by atoms with van der Waals surface area (Å²) in [5, 5.41) is 6.18. The van der Waals surface area contributed by atoms with E-state index in [-0.39, 0.29) is 12.1 Å². The Hall–Kier alpha value is -4.00. The fraction of sp³-hybridized carbons (Fsp3) is 0.231. The number of benzene rings is 3. The molecule has 33 heavy (non-hydrogen) atoms. The highest BCUT2D eigenvalue weighted by Crippen LogP contribution is 2.24. The van der Waals surface area contributed by atoms with Crippen LogP contribution in [0.5, 0.6) is 11.5 Å². The van der Waals surface area contributed by atoms with Crippen LogP contribution in [0.2, 0.25) is 0 Å². The Kier molecular flexibility index (Phi) is 6.49. The van der Waals surface area contributed by atoms with Crippen LogP contribution < -0.4 is 15.4 Å². The monoisotopic (exact) mass is 444 g/mol. The Balaban J connectivity index is 1.52. The van der Waals surface area contributed by atoms with E-state index in [4.69, 9.17) is 4.74 Å². The van der Waals surface area contributed by atoms with Crippen LogP contribution >= 0.6 is 0 Å². The largest absolute Gasteiger partial charge is 0.457 e. The highest BCUT2D eigenvalue weighted by molar-refractivity contribution is 5.96. The molecule has 0 radical (unpaired) electrons. The maximum atomic E-state index is 13.2. The fourth-order valence-electron chi connectivity index (χ4n) is 3.62. The molecule has 1 unspecified atom stereocenters. The molecule has 3 aromatic rings. The summed E-state index contributed by atoms with van der Waals surface area (Å²) in [5.74, 6) is 1.44. The number of carbonyl (C=O) groups is 2. The lowest BCUT2D eigenvalue weighted by Gasteiger charge is -2.42. The third-order valence-electron chi connectivity index (χ3n) is 5.37. The van der Waals surface area contributed by atoms with Crippen molar-refractivity contribution in [3.63, 3.8) is 0 Å². The summed E-state index contributed by atoms with van der Waals surface area (Å²) in [6.07, 6.45) is -0.692. The van der Waals surface area contributed by atoms with Crippen LogP contribution in [-0.2, 0) is 6.54 Å². The first-order valence-corrected chi connectivity index (χ1v) is 11.0. The van der Waals surface area contributed by atoms with Crippen molar-refractivity contribution in [3.8, 4) is 11.5 Å². The molecule has 1 aliphatic rings. The first kappa shape index (κ1) is 22.2. The van der Waals surface area contributed by atoms with Gasteiger partial charge >= 0.3 is 12.1 Å². The molecule has 1 heterocycles. The molecular weight excluding hydrogens is 416 g/mol. The van der Waals surface area contributed by atoms with Crippen LogP contribution in [0.3, 0.4) is 0 Å². The van der Waals surface area contributed by atoms with Gasteiger partial charge in [0.05, 0.1) is 6.54 Å². The second-order valence-electron chi connectivity index (χ2n) is 8.30. The van der Waals surface area contributed by atoms with Crippen molar-refractivity contribution >= 4 is 17.7 Å². The van der Waals surface area contributed by atoms with Crippen molar-refractivity contribution < 1.29 is 14.3 Å². The van der Waals surface area contributed by atoms with Gasteiger partial charge in [-0.3, -0.25) is 10.2 Å². The highest BCUT2D eigenvalue weighted by atomic mass is 16.5. The van der Waals surface area contributed by atoms with E-state index in [1.807, 2.05) is 99.6 Å². The fourth-order valence-corrected chi connectivity index (χ4v) is 3.62. The molecule has 7 heteroatoms. The van der Waals surface area contributed by atoms with E-state index < -0.39 is 12.3 Å². The molecule has 170 valence electrons. The lowest BCUT2D eigenvalue weighted by atomic mass is 10.1. The average molecular weight is 445 g/mol. The number of imide groups is 1. The van der Waals surface area contributed by atoms with Crippen molar-refractivity contribution in [1.29, 1.82) is 0 Å². The molecule has 7 nitrogen and oxygen atoms in total. The third-order valence-corrected chi connectivity index (χ3v) is 5.37. The van der Waals surface area contributed by atoms with E-state index >= 15 is 0 Å². The van der Waals surface area contributed by atoms with Gasteiger partial charge in [-0.05, 0) is 62.7 Å². The summed E-state index contributed by atoms with van der Waals surface area (Å²) in [5.41, 5.74) is 2.88. The minimum atomic E-state index is -0.692. The minimum absolute atomic E-state index is 0.256. The summed E-state index contributed by atoms with van der Waals surface area (Å²) in [6.45, 7) is 6.02. The number of amides is 4. The molecule has 1 atom stereocenters. The highest BCUT2D eigenvalue weighted by Gasteiger charge is 2.39. The number of hydrogen-bond acceptors (Lipinski definition) is 4. The lowest BCUT2D eigenvalue weighted by Crippen LogP contribution is -2.68. The van der Waals surface area contributed by atoms with Gasteiger partial charge in [0.2, 0.25) is 0 Å². The Bertz CT molecular complexity index is 1100. The predicted molar refractivity (Wildman–Crippen MR) is 128 cm³/mol. The topological polar surface area (TPSA) is 73.9 Å². The van der Waals surface area contributed by atoms with Gasteiger partial charge < -0.3 is 10.1 Å². The average Bonchev–Trinajstić information content (AvgIpc) is 2.79. The van der Waals surface area contributed by atoms with Crippen molar-refractivity contribution in [2.45, 2.75) is 39.6 Å². The standard InChI is InChI=1S/C26H28N4O3/c1-18(2)30-25(31)28-24(29(26(30)32)17-20-11-9-19(3)10-12-20)27-21-13-15-23(16-14-21)33-22-7-5-4-6-8-22/h4-16,18,24,27H,17H2,1-3H3,(H,28,31). The number of nitrogens with one attached hydrogen (secondary N) is 2. The summed E-state index contributed by atoms with van der Waals surface area (Å²) in [7, 11) is 0. The summed E-state index contributed by atoms with van der Waals surface area (Å²) in [4.78, 5) is 28.8. The third kappa shape index (κ3) is 5.26. The van der Waals surface area contributed by atoms with E-state index in [0.717, 1.165) is 22.6 Å². The van der Waals surface area contributed by atoms with E-state index in [1.54, 1.807) is 4.90 Å². The molecule has 3 aromatic carbocycles. The smallest absolute Gasteiger partial charge is 0.331 e. The van der Waals surface area contributed by atoms with Gasteiger partial charge in [0, 0.05) is 11.7 Å².